The molecule has 1 heterocycles. The van der Waals surface area contributed by atoms with Crippen molar-refractivity contribution < 1.29 is 27.5 Å². The van der Waals surface area contributed by atoms with Crippen molar-refractivity contribution >= 4 is 44.3 Å². The Balaban J connectivity index is 1.67. The molecule has 11 heteroatoms. The number of imide groups is 1. The van der Waals surface area contributed by atoms with Crippen molar-refractivity contribution in [3.05, 3.63) is 46.8 Å². The SMILES string of the molecule is COC(=O)NC(=O)c1ccsc1NC(=O)c1ccc(S(=O)(=O)NC2CCCCC2)cc1. The molecule has 3 N–H and O–H groups in total. The highest BCUT2D eigenvalue weighted by Crippen LogP contribution is 2.24. The predicted molar refractivity (Wildman–Crippen MR) is 116 cm³/mol. The Kier molecular flexibility index (Phi) is 7.42. The fourth-order valence-electron chi connectivity index (χ4n) is 3.26. The molecule has 0 unspecified atom stereocenters. The van der Waals surface area contributed by atoms with E-state index in [0.29, 0.717) is 0 Å². The Morgan fingerprint density at radius 2 is 1.68 bits per heavy atom. The standard InChI is InChI=1S/C20H23N3O6S2/c1-29-20(26)22-18(25)16-11-12-30-19(16)21-17(24)13-7-9-15(10-8-13)31(27,28)23-14-5-3-2-4-6-14/h7-12,14,23H,2-6H2,1H3,(H,21,24)(H,22,25,26). The molecule has 1 aliphatic carbocycles. The maximum Gasteiger partial charge on any atom is 0.413 e. The second kappa shape index (κ2) is 10.0. The lowest BCUT2D eigenvalue weighted by Crippen LogP contribution is -2.36. The van der Waals surface area contributed by atoms with Gasteiger partial charge in [0.15, 0.2) is 0 Å². The number of carbonyl (C=O) groups is 3. The van der Waals surface area contributed by atoms with Crippen molar-refractivity contribution in [2.45, 2.75) is 43.0 Å². The van der Waals surface area contributed by atoms with Gasteiger partial charge in [-0.25, -0.2) is 17.9 Å². The lowest BCUT2D eigenvalue weighted by Gasteiger charge is -2.22. The Morgan fingerprint density at radius 3 is 2.32 bits per heavy atom. The predicted octanol–water partition coefficient (Wildman–Crippen LogP) is 3.11. The Hall–Kier alpha value is -2.76. The minimum absolute atomic E-state index is 0.0601. The molecule has 0 radical (unpaired) electrons. The maximum atomic E-state index is 12.6. The van der Waals surface area contributed by atoms with Gasteiger partial charge in [0, 0.05) is 11.6 Å². The van der Waals surface area contributed by atoms with E-state index in [1.165, 1.54) is 30.3 Å². The molecule has 166 valence electrons. The summed E-state index contributed by atoms with van der Waals surface area (Å²) in [5, 5.41) is 6.47. The van der Waals surface area contributed by atoms with Crippen LogP contribution in [0.25, 0.3) is 0 Å². The summed E-state index contributed by atoms with van der Waals surface area (Å²) in [6, 6.07) is 6.97. The monoisotopic (exact) mass is 465 g/mol. The van der Waals surface area contributed by atoms with Crippen LogP contribution in [-0.2, 0) is 14.8 Å². The number of carbonyl (C=O) groups excluding carboxylic acids is 3. The number of hydrogen-bond acceptors (Lipinski definition) is 7. The van der Waals surface area contributed by atoms with E-state index in [0.717, 1.165) is 50.6 Å². The Labute approximate surface area is 184 Å². The molecule has 1 fully saturated rings. The largest absolute Gasteiger partial charge is 0.453 e. The smallest absolute Gasteiger partial charge is 0.413 e. The summed E-state index contributed by atoms with van der Waals surface area (Å²) in [4.78, 5) is 36.0. The molecule has 1 aromatic heterocycles. The maximum absolute atomic E-state index is 12.6. The highest BCUT2D eigenvalue weighted by molar-refractivity contribution is 7.89. The summed E-state index contributed by atoms with van der Waals surface area (Å²) in [5.41, 5.74) is 0.337. The van der Waals surface area contributed by atoms with Crippen molar-refractivity contribution in [2.24, 2.45) is 0 Å². The van der Waals surface area contributed by atoms with E-state index in [9.17, 15) is 22.8 Å². The molecular weight excluding hydrogens is 442 g/mol. The van der Waals surface area contributed by atoms with Gasteiger partial charge in [0.1, 0.15) is 5.00 Å². The number of hydrogen-bond donors (Lipinski definition) is 3. The highest BCUT2D eigenvalue weighted by Gasteiger charge is 2.22. The molecule has 0 spiro atoms. The third-order valence-corrected chi connectivity index (χ3v) is 7.26. The minimum atomic E-state index is -3.66. The normalized spacial score (nSPS) is 14.6. The van der Waals surface area contributed by atoms with E-state index >= 15 is 0 Å². The van der Waals surface area contributed by atoms with Crippen LogP contribution in [0, 0.1) is 0 Å². The molecule has 31 heavy (non-hydrogen) atoms. The molecule has 0 bridgehead atoms. The number of sulfonamides is 1. The number of rotatable bonds is 6. The average molecular weight is 466 g/mol. The van der Waals surface area contributed by atoms with E-state index in [-0.39, 0.29) is 27.1 Å². The molecule has 0 saturated heterocycles. The molecule has 0 atom stereocenters. The van der Waals surface area contributed by atoms with Crippen molar-refractivity contribution in [3.63, 3.8) is 0 Å². The molecule has 1 aliphatic rings. The van der Waals surface area contributed by atoms with E-state index in [4.69, 9.17) is 0 Å². The molecule has 0 aliphatic heterocycles. The molecule has 3 amide bonds. The first-order valence-electron chi connectivity index (χ1n) is 9.70. The number of ether oxygens (including phenoxy) is 1. The van der Waals surface area contributed by atoms with Crippen molar-refractivity contribution in [1.82, 2.24) is 10.0 Å². The van der Waals surface area contributed by atoms with Crippen molar-refractivity contribution in [3.8, 4) is 0 Å². The van der Waals surface area contributed by atoms with Crippen LogP contribution in [0.15, 0.2) is 40.6 Å². The molecule has 9 nitrogen and oxygen atoms in total. The second-order valence-corrected chi connectivity index (χ2v) is 9.67. The van der Waals surface area contributed by atoms with E-state index < -0.39 is 27.9 Å². The van der Waals surface area contributed by atoms with E-state index in [2.05, 4.69) is 14.8 Å². The van der Waals surface area contributed by atoms with Crippen LogP contribution < -0.4 is 15.4 Å². The number of amides is 3. The molecule has 2 aromatic rings. The molecular formula is C20H23N3O6S2. The van der Waals surface area contributed by atoms with Gasteiger partial charge in [0.05, 0.1) is 17.6 Å². The van der Waals surface area contributed by atoms with Crippen molar-refractivity contribution in [2.75, 3.05) is 12.4 Å². The van der Waals surface area contributed by atoms with Gasteiger partial charge in [0.25, 0.3) is 11.8 Å². The van der Waals surface area contributed by atoms with Gasteiger partial charge >= 0.3 is 6.09 Å². The third-order valence-electron chi connectivity index (χ3n) is 4.89. The van der Waals surface area contributed by atoms with Gasteiger partial charge in [-0.05, 0) is 48.6 Å². The highest BCUT2D eigenvalue weighted by atomic mass is 32.2. The van der Waals surface area contributed by atoms with Crippen LogP contribution in [-0.4, -0.2) is 39.5 Å². The number of methoxy groups -OCH3 is 1. The quantitative estimate of drug-likeness (QED) is 0.601. The van der Waals surface area contributed by atoms with Crippen LogP contribution in [0.4, 0.5) is 9.80 Å². The third kappa shape index (κ3) is 5.90. The van der Waals surface area contributed by atoms with Gasteiger partial charge in [0.2, 0.25) is 10.0 Å². The van der Waals surface area contributed by atoms with Crippen LogP contribution in [0.5, 0.6) is 0 Å². The summed E-state index contributed by atoms with van der Waals surface area (Å²) in [6.07, 6.45) is 3.88. The van der Waals surface area contributed by atoms with Gasteiger partial charge in [-0.1, -0.05) is 19.3 Å². The lowest BCUT2D eigenvalue weighted by atomic mass is 9.96. The van der Waals surface area contributed by atoms with Gasteiger partial charge in [-0.3, -0.25) is 14.9 Å². The Morgan fingerprint density at radius 1 is 1.00 bits per heavy atom. The summed E-state index contributed by atoms with van der Waals surface area (Å²) in [5.74, 6) is -1.22. The van der Waals surface area contributed by atoms with Crippen LogP contribution in [0.1, 0.15) is 52.8 Å². The topological polar surface area (TPSA) is 131 Å². The molecule has 3 rings (SSSR count). The van der Waals surface area contributed by atoms with Gasteiger partial charge in [-0.15, -0.1) is 11.3 Å². The summed E-state index contributed by atoms with van der Waals surface area (Å²) in [7, 11) is -2.53. The van der Waals surface area contributed by atoms with E-state index in [1.54, 1.807) is 5.38 Å². The van der Waals surface area contributed by atoms with Crippen molar-refractivity contribution in [1.29, 1.82) is 0 Å². The van der Waals surface area contributed by atoms with Crippen LogP contribution in [0.2, 0.25) is 0 Å². The number of nitrogens with one attached hydrogen (secondary N) is 3. The summed E-state index contributed by atoms with van der Waals surface area (Å²) >= 11 is 1.11. The molecule has 1 aromatic carbocycles. The first-order valence-corrected chi connectivity index (χ1v) is 12.1. The number of anilines is 1. The van der Waals surface area contributed by atoms with Crippen LogP contribution >= 0.6 is 11.3 Å². The fraction of sp³-hybridized carbons (Fsp3) is 0.350. The first kappa shape index (κ1) is 22.9. The molecule has 1 saturated carbocycles. The zero-order chi connectivity index (χ0) is 22.4. The number of alkyl carbamates (subject to hydrolysis) is 1. The average Bonchev–Trinajstić information content (AvgIpc) is 3.22. The zero-order valence-electron chi connectivity index (χ0n) is 16.8. The minimum Gasteiger partial charge on any atom is -0.453 e. The van der Waals surface area contributed by atoms with Gasteiger partial charge in [-0.2, -0.15) is 0 Å². The lowest BCUT2D eigenvalue weighted by molar-refractivity contribution is 0.0938. The number of benzene rings is 1. The first-order chi connectivity index (χ1) is 14.8. The summed E-state index contributed by atoms with van der Waals surface area (Å²) in [6.45, 7) is 0. The van der Waals surface area contributed by atoms with Crippen LogP contribution in [0.3, 0.4) is 0 Å². The zero-order valence-corrected chi connectivity index (χ0v) is 18.5. The number of thiophene rings is 1. The van der Waals surface area contributed by atoms with E-state index in [1.807, 2.05) is 5.32 Å². The second-order valence-electron chi connectivity index (χ2n) is 7.04. The van der Waals surface area contributed by atoms with Gasteiger partial charge < -0.3 is 10.1 Å². The fourth-order valence-corrected chi connectivity index (χ4v) is 5.35. The summed E-state index contributed by atoms with van der Waals surface area (Å²) < 4.78 is 32.3. The Bertz CT molecular complexity index is 1060.